The lowest BCUT2D eigenvalue weighted by Crippen LogP contribution is -2.14. The summed E-state index contributed by atoms with van der Waals surface area (Å²) in [6.45, 7) is 0. The predicted octanol–water partition coefficient (Wildman–Crippen LogP) is 2.95. The average molecular weight is 245 g/mol. The molecule has 0 spiro atoms. The van der Waals surface area contributed by atoms with E-state index in [0.717, 1.165) is 11.3 Å². The molecular weight excluding hydrogens is 235 g/mol. The molecule has 0 amide bonds. The first-order valence-corrected chi connectivity index (χ1v) is 6.24. The molecule has 0 aromatic heterocycles. The first-order valence-electron chi connectivity index (χ1n) is 4.71. The van der Waals surface area contributed by atoms with Crippen molar-refractivity contribution in [2.75, 3.05) is 11.5 Å². The van der Waals surface area contributed by atoms with Crippen LogP contribution in [0, 0.1) is 11.7 Å². The number of Topliss-reactive ketones (excluding diaryl/α,β-unsaturated/α-hetero) is 1. The van der Waals surface area contributed by atoms with Crippen molar-refractivity contribution in [3.05, 3.63) is 34.6 Å². The lowest BCUT2D eigenvalue weighted by atomic mass is 9.98. The van der Waals surface area contributed by atoms with Gasteiger partial charge in [0, 0.05) is 16.7 Å². The Kier molecular flexibility index (Phi) is 3.32. The van der Waals surface area contributed by atoms with Crippen LogP contribution in [-0.2, 0) is 11.2 Å². The fourth-order valence-electron chi connectivity index (χ4n) is 1.65. The third-order valence-corrected chi connectivity index (χ3v) is 3.99. The molecule has 15 heavy (non-hydrogen) atoms. The van der Waals surface area contributed by atoms with Crippen LogP contribution in [0.1, 0.15) is 5.56 Å². The summed E-state index contributed by atoms with van der Waals surface area (Å²) in [5.74, 6) is 1.37. The second kappa shape index (κ2) is 4.54. The molecule has 1 heterocycles. The standard InChI is InChI=1S/C11H10ClFOS/c12-10-2-1-9(13)4-7(10)3-8-5-15-6-11(8)14/h1-2,4,8H,3,5-6H2. The molecule has 0 N–H and O–H groups in total. The Morgan fingerprint density at radius 2 is 2.33 bits per heavy atom. The van der Waals surface area contributed by atoms with Gasteiger partial charge in [-0.05, 0) is 30.2 Å². The van der Waals surface area contributed by atoms with Gasteiger partial charge in [0.2, 0.25) is 0 Å². The van der Waals surface area contributed by atoms with Crippen molar-refractivity contribution in [1.82, 2.24) is 0 Å². The van der Waals surface area contributed by atoms with Crippen LogP contribution in [-0.4, -0.2) is 17.3 Å². The van der Waals surface area contributed by atoms with E-state index >= 15 is 0 Å². The molecular formula is C11H10ClFOS. The summed E-state index contributed by atoms with van der Waals surface area (Å²) >= 11 is 7.57. The SMILES string of the molecule is O=C1CSCC1Cc1cc(F)ccc1Cl. The van der Waals surface area contributed by atoms with E-state index in [-0.39, 0.29) is 17.5 Å². The highest BCUT2D eigenvalue weighted by Crippen LogP contribution is 2.27. The summed E-state index contributed by atoms with van der Waals surface area (Å²) in [6, 6.07) is 4.29. The number of carbonyl (C=O) groups is 1. The highest BCUT2D eigenvalue weighted by molar-refractivity contribution is 8.00. The lowest BCUT2D eigenvalue weighted by molar-refractivity contribution is -0.119. The molecule has 1 aromatic carbocycles. The first-order chi connectivity index (χ1) is 7.16. The Bertz CT molecular complexity index is 394. The first kappa shape index (κ1) is 11.0. The van der Waals surface area contributed by atoms with Crippen molar-refractivity contribution in [3.63, 3.8) is 0 Å². The molecule has 1 atom stereocenters. The number of hydrogen-bond donors (Lipinski definition) is 0. The van der Waals surface area contributed by atoms with Gasteiger partial charge >= 0.3 is 0 Å². The molecule has 1 aliphatic heterocycles. The van der Waals surface area contributed by atoms with E-state index < -0.39 is 0 Å². The van der Waals surface area contributed by atoms with Gasteiger partial charge in [0.15, 0.2) is 0 Å². The zero-order valence-electron chi connectivity index (χ0n) is 8.00. The van der Waals surface area contributed by atoms with Crippen molar-refractivity contribution >= 4 is 29.1 Å². The van der Waals surface area contributed by atoms with E-state index in [9.17, 15) is 9.18 Å². The lowest BCUT2D eigenvalue weighted by Gasteiger charge is -2.08. The molecule has 1 nitrogen and oxygen atoms in total. The summed E-state index contributed by atoms with van der Waals surface area (Å²) in [7, 11) is 0. The van der Waals surface area contributed by atoms with Crippen LogP contribution in [0.5, 0.6) is 0 Å². The minimum absolute atomic E-state index is 0.00861. The van der Waals surface area contributed by atoms with Crippen molar-refractivity contribution in [3.8, 4) is 0 Å². The van der Waals surface area contributed by atoms with Gasteiger partial charge in [0.1, 0.15) is 11.6 Å². The van der Waals surface area contributed by atoms with Crippen LogP contribution in [0.4, 0.5) is 4.39 Å². The van der Waals surface area contributed by atoms with Crippen LogP contribution in [0.15, 0.2) is 18.2 Å². The Balaban J connectivity index is 2.16. The quantitative estimate of drug-likeness (QED) is 0.796. The maximum absolute atomic E-state index is 13.0. The minimum Gasteiger partial charge on any atom is -0.298 e. The third-order valence-electron chi connectivity index (χ3n) is 2.49. The van der Waals surface area contributed by atoms with Crippen LogP contribution >= 0.6 is 23.4 Å². The van der Waals surface area contributed by atoms with Crippen molar-refractivity contribution < 1.29 is 9.18 Å². The number of ketones is 1. The second-order valence-corrected chi connectivity index (χ2v) is 5.06. The van der Waals surface area contributed by atoms with Gasteiger partial charge in [-0.3, -0.25) is 4.79 Å². The summed E-state index contributed by atoms with van der Waals surface area (Å²) in [6.07, 6.45) is 0.558. The maximum atomic E-state index is 13.0. The Labute approximate surface area is 97.0 Å². The van der Waals surface area contributed by atoms with Crippen molar-refractivity contribution in [2.45, 2.75) is 6.42 Å². The predicted molar refractivity (Wildman–Crippen MR) is 60.9 cm³/mol. The molecule has 1 aliphatic rings. The number of thioether (sulfide) groups is 1. The molecule has 1 unspecified atom stereocenters. The number of halogens is 2. The Morgan fingerprint density at radius 3 is 3.00 bits per heavy atom. The molecule has 2 rings (SSSR count). The summed E-state index contributed by atoms with van der Waals surface area (Å²) in [4.78, 5) is 11.4. The highest BCUT2D eigenvalue weighted by Gasteiger charge is 2.25. The fraction of sp³-hybridized carbons (Fsp3) is 0.364. The van der Waals surface area contributed by atoms with Gasteiger partial charge in [-0.2, -0.15) is 11.8 Å². The molecule has 0 bridgehead atoms. The number of hydrogen-bond acceptors (Lipinski definition) is 2. The molecule has 80 valence electrons. The van der Waals surface area contributed by atoms with Crippen LogP contribution in [0.3, 0.4) is 0 Å². The van der Waals surface area contributed by atoms with Crippen molar-refractivity contribution in [2.24, 2.45) is 5.92 Å². The second-order valence-electron chi connectivity index (χ2n) is 3.62. The Morgan fingerprint density at radius 1 is 1.53 bits per heavy atom. The topological polar surface area (TPSA) is 17.1 Å². The highest BCUT2D eigenvalue weighted by atomic mass is 35.5. The Hall–Kier alpha value is -0.540. The molecule has 0 aliphatic carbocycles. The largest absolute Gasteiger partial charge is 0.298 e. The van der Waals surface area contributed by atoms with Gasteiger partial charge in [-0.1, -0.05) is 11.6 Å². The molecule has 1 aromatic rings. The van der Waals surface area contributed by atoms with Gasteiger partial charge in [0.05, 0.1) is 5.75 Å². The van der Waals surface area contributed by atoms with E-state index in [1.807, 2.05) is 0 Å². The maximum Gasteiger partial charge on any atom is 0.146 e. The number of carbonyl (C=O) groups excluding carboxylic acids is 1. The van der Waals surface area contributed by atoms with Crippen LogP contribution in [0.25, 0.3) is 0 Å². The van der Waals surface area contributed by atoms with Crippen LogP contribution < -0.4 is 0 Å². The average Bonchev–Trinajstić information content (AvgIpc) is 2.58. The normalized spacial score (nSPS) is 20.9. The summed E-state index contributed by atoms with van der Waals surface area (Å²) in [5.41, 5.74) is 0.734. The fourth-order valence-corrected chi connectivity index (χ4v) is 2.99. The van der Waals surface area contributed by atoms with Crippen LogP contribution in [0.2, 0.25) is 5.02 Å². The molecule has 0 radical (unpaired) electrons. The van der Waals surface area contributed by atoms with E-state index in [4.69, 9.17) is 11.6 Å². The van der Waals surface area contributed by atoms with Gasteiger partial charge in [-0.15, -0.1) is 0 Å². The third kappa shape index (κ3) is 2.52. The number of rotatable bonds is 2. The molecule has 1 saturated heterocycles. The van der Waals surface area contributed by atoms with E-state index in [0.29, 0.717) is 17.2 Å². The molecule has 1 fully saturated rings. The van der Waals surface area contributed by atoms with E-state index in [1.54, 1.807) is 17.8 Å². The smallest absolute Gasteiger partial charge is 0.146 e. The summed E-state index contributed by atoms with van der Waals surface area (Å²) < 4.78 is 13.0. The van der Waals surface area contributed by atoms with Gasteiger partial charge < -0.3 is 0 Å². The van der Waals surface area contributed by atoms with Crippen molar-refractivity contribution in [1.29, 1.82) is 0 Å². The minimum atomic E-state index is -0.299. The van der Waals surface area contributed by atoms with Gasteiger partial charge in [-0.25, -0.2) is 4.39 Å². The van der Waals surface area contributed by atoms with E-state index in [2.05, 4.69) is 0 Å². The molecule has 0 saturated carbocycles. The number of benzene rings is 1. The summed E-state index contributed by atoms with van der Waals surface area (Å²) in [5, 5.41) is 0.543. The van der Waals surface area contributed by atoms with Gasteiger partial charge in [0.25, 0.3) is 0 Å². The monoisotopic (exact) mass is 244 g/mol. The van der Waals surface area contributed by atoms with E-state index in [1.165, 1.54) is 12.1 Å². The zero-order valence-corrected chi connectivity index (χ0v) is 9.58. The zero-order chi connectivity index (χ0) is 10.8. The molecule has 4 heteroatoms.